The highest BCUT2D eigenvalue weighted by Crippen LogP contribution is 2.39. The van der Waals surface area contributed by atoms with Crippen molar-refractivity contribution in [2.45, 2.75) is 31.6 Å². The number of carboxylic acids is 1. The van der Waals surface area contributed by atoms with Crippen LogP contribution in [0.4, 0.5) is 11.5 Å². The summed E-state index contributed by atoms with van der Waals surface area (Å²) in [7, 11) is 1.48. The van der Waals surface area contributed by atoms with Crippen LogP contribution in [-0.4, -0.2) is 46.1 Å². The number of nitrogens with one attached hydrogen (secondary N) is 3. The number of hydrogen-bond acceptors (Lipinski definition) is 7. The second-order valence-electron chi connectivity index (χ2n) is 8.32. The quantitative estimate of drug-likeness (QED) is 0.425. The number of aryl methyl sites for hydroxylation is 1. The third-order valence-electron chi connectivity index (χ3n) is 5.58. The van der Waals surface area contributed by atoms with Crippen molar-refractivity contribution in [3.05, 3.63) is 83.1 Å². The Labute approximate surface area is 208 Å². The van der Waals surface area contributed by atoms with Crippen molar-refractivity contribution in [1.82, 2.24) is 15.3 Å². The number of carbonyl (C=O) groups excluding carboxylic acids is 2. The molecule has 0 atom stereocenters. The lowest BCUT2D eigenvalue weighted by Crippen LogP contribution is -2.23. The van der Waals surface area contributed by atoms with E-state index in [4.69, 9.17) is 5.11 Å². The molecule has 0 unspecified atom stereocenters. The molecule has 1 aromatic carbocycles. The molecule has 4 rings (SSSR count). The van der Waals surface area contributed by atoms with Gasteiger partial charge in [-0.25, -0.2) is 9.97 Å². The Morgan fingerprint density at radius 2 is 1.94 bits per heavy atom. The molecule has 1 aliphatic carbocycles. The number of anilines is 2. The number of carbonyl (C=O) groups is 3. The van der Waals surface area contributed by atoms with Gasteiger partial charge in [0.25, 0.3) is 11.8 Å². The van der Waals surface area contributed by atoms with Gasteiger partial charge < -0.3 is 21.1 Å². The molecule has 4 N–H and O–H groups in total. The van der Waals surface area contributed by atoms with Gasteiger partial charge >= 0.3 is 5.97 Å². The first-order valence-corrected chi connectivity index (χ1v) is 11.5. The molecule has 36 heavy (non-hydrogen) atoms. The van der Waals surface area contributed by atoms with Crippen LogP contribution in [0, 0.1) is 0 Å². The van der Waals surface area contributed by atoms with Gasteiger partial charge in [0.05, 0.1) is 35.1 Å². The van der Waals surface area contributed by atoms with Crippen LogP contribution < -0.4 is 16.0 Å². The van der Waals surface area contributed by atoms with E-state index in [9.17, 15) is 14.4 Å². The maximum absolute atomic E-state index is 13.4. The SMILES string of the molecule is CNC(=O)c1cc(CCC(=O)O)ccc1NC(=O)c1nc(C2CC2)cnc1NC1=C/C=C/C=C/N=C1. The second kappa shape index (κ2) is 11.2. The lowest BCUT2D eigenvalue weighted by Gasteiger charge is -2.15. The molecule has 2 aliphatic rings. The second-order valence-corrected chi connectivity index (χ2v) is 8.32. The summed E-state index contributed by atoms with van der Waals surface area (Å²) in [5, 5.41) is 17.4. The molecule has 184 valence electrons. The highest BCUT2D eigenvalue weighted by Gasteiger charge is 2.28. The van der Waals surface area contributed by atoms with E-state index in [-0.39, 0.29) is 41.5 Å². The Bertz CT molecular complexity index is 1310. The molecule has 0 spiro atoms. The Morgan fingerprint density at radius 3 is 2.69 bits per heavy atom. The van der Waals surface area contributed by atoms with E-state index in [1.807, 2.05) is 12.2 Å². The molecular weight excluding hydrogens is 460 g/mol. The van der Waals surface area contributed by atoms with Crippen molar-refractivity contribution >= 4 is 35.5 Å². The molecule has 2 aromatic rings. The fourth-order valence-corrected chi connectivity index (χ4v) is 3.54. The number of aromatic nitrogens is 2. The zero-order valence-corrected chi connectivity index (χ0v) is 19.7. The van der Waals surface area contributed by atoms with Gasteiger partial charge in [-0.15, -0.1) is 0 Å². The highest BCUT2D eigenvalue weighted by molar-refractivity contribution is 6.10. The lowest BCUT2D eigenvalue weighted by molar-refractivity contribution is -0.136. The standard InChI is InChI=1S/C26H26N6O4/c1-27-25(35)19-13-16(7-11-22(33)34)6-10-20(19)32-26(36)23-24(29-15-21(31-23)17-8-9-17)30-18-5-3-2-4-12-28-14-18/h2-6,10,12-15,17H,7-9,11H2,1H3,(H,27,35)(H,29,30)(H,32,36)(H,33,34)/b3-2+,4-2?,5-3?,12-4+,18-5?,18-14?,28-12?,28-14?. The van der Waals surface area contributed by atoms with Gasteiger partial charge in [-0.2, -0.15) is 0 Å². The van der Waals surface area contributed by atoms with Crippen LogP contribution in [0.3, 0.4) is 0 Å². The van der Waals surface area contributed by atoms with Gasteiger partial charge in [0, 0.05) is 25.6 Å². The summed E-state index contributed by atoms with van der Waals surface area (Å²) in [5.41, 5.74) is 2.62. The minimum absolute atomic E-state index is 0.0679. The molecular formula is C26H26N6O4. The van der Waals surface area contributed by atoms with Crippen LogP contribution in [0.25, 0.3) is 0 Å². The van der Waals surface area contributed by atoms with E-state index in [0.717, 1.165) is 18.5 Å². The van der Waals surface area contributed by atoms with Crippen LogP contribution in [0.2, 0.25) is 0 Å². The molecule has 0 bridgehead atoms. The van der Waals surface area contributed by atoms with E-state index >= 15 is 0 Å². The first-order valence-electron chi connectivity index (χ1n) is 11.5. The average molecular weight is 487 g/mol. The first-order chi connectivity index (χ1) is 17.4. The number of aliphatic carboxylic acids is 1. The summed E-state index contributed by atoms with van der Waals surface area (Å²) in [6, 6.07) is 4.86. The molecule has 2 heterocycles. The van der Waals surface area contributed by atoms with Crippen LogP contribution in [0.1, 0.15) is 57.3 Å². The molecule has 0 saturated heterocycles. The number of hydrogen-bond donors (Lipinski definition) is 4. The van der Waals surface area contributed by atoms with Crippen LogP contribution in [0.15, 0.2) is 65.6 Å². The van der Waals surface area contributed by atoms with Crippen molar-refractivity contribution in [3.63, 3.8) is 0 Å². The van der Waals surface area contributed by atoms with Crippen molar-refractivity contribution in [3.8, 4) is 0 Å². The highest BCUT2D eigenvalue weighted by atomic mass is 16.4. The predicted octanol–water partition coefficient (Wildman–Crippen LogP) is 3.43. The summed E-state index contributed by atoms with van der Waals surface area (Å²) in [6.45, 7) is 0. The van der Waals surface area contributed by atoms with Crippen molar-refractivity contribution in [2.75, 3.05) is 17.7 Å². The zero-order chi connectivity index (χ0) is 25.5. The Hall–Kier alpha value is -4.60. The smallest absolute Gasteiger partial charge is 0.303 e. The number of rotatable bonds is 9. The number of benzene rings is 1. The van der Waals surface area contributed by atoms with Crippen LogP contribution >= 0.6 is 0 Å². The summed E-state index contributed by atoms with van der Waals surface area (Å²) < 4.78 is 0. The topological polar surface area (TPSA) is 146 Å². The molecule has 10 nitrogen and oxygen atoms in total. The lowest BCUT2D eigenvalue weighted by atomic mass is 10.0. The van der Waals surface area contributed by atoms with Crippen molar-refractivity contribution in [1.29, 1.82) is 0 Å². The molecule has 2 amide bonds. The zero-order valence-electron chi connectivity index (χ0n) is 19.7. The average Bonchev–Trinajstić information content (AvgIpc) is 3.70. The minimum Gasteiger partial charge on any atom is -0.481 e. The van der Waals surface area contributed by atoms with Gasteiger partial charge in [-0.3, -0.25) is 19.4 Å². The number of allylic oxidation sites excluding steroid dienone is 5. The Kier molecular flexibility index (Phi) is 7.64. The Balaban J connectivity index is 1.64. The summed E-state index contributed by atoms with van der Waals surface area (Å²) in [6.07, 6.45) is 14.4. The molecule has 1 aromatic heterocycles. The maximum Gasteiger partial charge on any atom is 0.303 e. The Morgan fingerprint density at radius 1 is 1.11 bits per heavy atom. The largest absolute Gasteiger partial charge is 0.481 e. The van der Waals surface area contributed by atoms with Gasteiger partial charge in [-0.1, -0.05) is 18.2 Å². The third-order valence-corrected chi connectivity index (χ3v) is 5.58. The number of amides is 2. The van der Waals surface area contributed by atoms with Crippen LogP contribution in [0.5, 0.6) is 0 Å². The van der Waals surface area contributed by atoms with Gasteiger partial charge in [0.15, 0.2) is 11.5 Å². The normalized spacial score (nSPS) is 16.2. The van der Waals surface area contributed by atoms with E-state index in [1.165, 1.54) is 7.05 Å². The minimum atomic E-state index is -0.931. The molecule has 0 radical (unpaired) electrons. The summed E-state index contributed by atoms with van der Waals surface area (Å²) in [4.78, 5) is 50.1. The number of aliphatic imine (C=N–C) groups is 1. The van der Waals surface area contributed by atoms with E-state index in [0.29, 0.717) is 11.3 Å². The predicted molar refractivity (Wildman–Crippen MR) is 136 cm³/mol. The van der Waals surface area contributed by atoms with Crippen molar-refractivity contribution < 1.29 is 19.5 Å². The third kappa shape index (κ3) is 6.29. The van der Waals surface area contributed by atoms with Gasteiger partial charge in [0.2, 0.25) is 0 Å². The fourth-order valence-electron chi connectivity index (χ4n) is 3.54. The summed E-state index contributed by atoms with van der Waals surface area (Å²) >= 11 is 0. The summed E-state index contributed by atoms with van der Waals surface area (Å²) in [5.74, 6) is -1.33. The number of carboxylic acid groups (broad SMARTS) is 1. The van der Waals surface area contributed by atoms with Gasteiger partial charge in [0.1, 0.15) is 0 Å². The first kappa shape index (κ1) is 24.5. The fraction of sp³-hybridized carbons (Fsp3) is 0.231. The van der Waals surface area contributed by atoms with E-state index in [2.05, 4.69) is 30.9 Å². The van der Waals surface area contributed by atoms with Crippen molar-refractivity contribution in [2.24, 2.45) is 4.99 Å². The molecule has 1 saturated carbocycles. The van der Waals surface area contributed by atoms with E-state index < -0.39 is 17.8 Å². The van der Waals surface area contributed by atoms with Gasteiger partial charge in [-0.05, 0) is 49.1 Å². The molecule has 10 heteroatoms. The van der Waals surface area contributed by atoms with Crippen LogP contribution in [-0.2, 0) is 11.2 Å². The van der Waals surface area contributed by atoms with E-state index in [1.54, 1.807) is 49.0 Å². The molecule has 1 fully saturated rings. The maximum atomic E-state index is 13.4. The number of nitrogens with zero attached hydrogens (tertiary/aromatic N) is 3. The monoisotopic (exact) mass is 486 g/mol. The molecule has 1 aliphatic heterocycles.